The van der Waals surface area contributed by atoms with Gasteiger partial charge in [-0.25, -0.2) is 5.43 Å². The first-order valence-corrected chi connectivity index (χ1v) is 7.09. The lowest BCUT2D eigenvalue weighted by Crippen LogP contribution is -2.41. The van der Waals surface area contributed by atoms with Crippen LogP contribution in [-0.2, 0) is 14.3 Å². The molecule has 7 nitrogen and oxygen atoms in total. The SMILES string of the molecule is CN1CCC(=NNC(=O)C(=O)NC[C@H]2CCCO2)CC1. The number of nitrogens with one attached hydrogen (secondary N) is 2. The number of hydrogen-bond donors (Lipinski definition) is 2. The van der Waals surface area contributed by atoms with Crippen molar-refractivity contribution in [2.24, 2.45) is 5.10 Å². The standard InChI is InChI=1S/C13H22N4O3/c1-17-6-4-10(5-7-17)15-16-13(19)12(18)14-9-11-3-2-8-20-11/h11H,2-9H2,1H3,(H,14,18)(H,16,19)/t11-/m1/s1. The van der Waals surface area contributed by atoms with E-state index in [9.17, 15) is 9.59 Å². The molecule has 7 heteroatoms. The van der Waals surface area contributed by atoms with Gasteiger partial charge >= 0.3 is 11.8 Å². The molecule has 2 amide bonds. The van der Waals surface area contributed by atoms with E-state index < -0.39 is 11.8 Å². The molecule has 0 radical (unpaired) electrons. The number of amides is 2. The molecule has 2 aliphatic heterocycles. The number of hydrazone groups is 1. The van der Waals surface area contributed by atoms with Crippen molar-refractivity contribution < 1.29 is 14.3 Å². The van der Waals surface area contributed by atoms with Crippen molar-refractivity contribution in [1.82, 2.24) is 15.6 Å². The van der Waals surface area contributed by atoms with Gasteiger partial charge in [0.25, 0.3) is 0 Å². The molecule has 2 rings (SSSR count). The normalized spacial score (nSPS) is 23.4. The van der Waals surface area contributed by atoms with E-state index in [-0.39, 0.29) is 6.10 Å². The maximum absolute atomic E-state index is 11.6. The predicted octanol–water partition coefficient (Wildman–Crippen LogP) is -0.521. The largest absolute Gasteiger partial charge is 0.376 e. The highest BCUT2D eigenvalue weighted by Crippen LogP contribution is 2.10. The van der Waals surface area contributed by atoms with Crippen molar-refractivity contribution >= 4 is 17.5 Å². The van der Waals surface area contributed by atoms with Crippen LogP contribution in [0, 0.1) is 0 Å². The second-order valence-corrected chi connectivity index (χ2v) is 5.27. The summed E-state index contributed by atoms with van der Waals surface area (Å²) < 4.78 is 5.37. The number of carbonyl (C=O) groups excluding carboxylic acids is 2. The Bertz CT molecular complexity index is 381. The van der Waals surface area contributed by atoms with E-state index in [1.54, 1.807) is 0 Å². The highest BCUT2D eigenvalue weighted by Gasteiger charge is 2.19. The Labute approximate surface area is 118 Å². The molecule has 20 heavy (non-hydrogen) atoms. The summed E-state index contributed by atoms with van der Waals surface area (Å²) in [6, 6.07) is 0. The number of hydrogen-bond acceptors (Lipinski definition) is 5. The number of rotatable bonds is 3. The van der Waals surface area contributed by atoms with Crippen molar-refractivity contribution in [3.8, 4) is 0 Å². The molecule has 0 unspecified atom stereocenters. The van der Waals surface area contributed by atoms with Gasteiger partial charge in [0, 0.05) is 44.8 Å². The molecule has 2 heterocycles. The molecule has 2 aliphatic rings. The molecule has 0 bridgehead atoms. The fraction of sp³-hybridized carbons (Fsp3) is 0.769. The smallest absolute Gasteiger partial charge is 0.329 e. The average molecular weight is 282 g/mol. The number of ether oxygens (including phenoxy) is 1. The molecular formula is C13H22N4O3. The van der Waals surface area contributed by atoms with E-state index in [1.165, 1.54) is 0 Å². The van der Waals surface area contributed by atoms with E-state index in [0.717, 1.165) is 51.1 Å². The van der Waals surface area contributed by atoms with Gasteiger partial charge in [-0.05, 0) is 19.9 Å². The quantitative estimate of drug-likeness (QED) is 0.539. The van der Waals surface area contributed by atoms with Gasteiger partial charge in [-0.15, -0.1) is 0 Å². The van der Waals surface area contributed by atoms with Crippen LogP contribution in [0.25, 0.3) is 0 Å². The van der Waals surface area contributed by atoms with Gasteiger partial charge in [-0.2, -0.15) is 5.10 Å². The maximum Gasteiger partial charge on any atom is 0.329 e. The van der Waals surface area contributed by atoms with Crippen LogP contribution in [0.4, 0.5) is 0 Å². The van der Waals surface area contributed by atoms with Crippen molar-refractivity contribution in [3.63, 3.8) is 0 Å². The van der Waals surface area contributed by atoms with Gasteiger partial charge < -0.3 is 15.0 Å². The zero-order valence-corrected chi connectivity index (χ0v) is 11.9. The molecular weight excluding hydrogens is 260 g/mol. The van der Waals surface area contributed by atoms with Crippen LogP contribution in [0.15, 0.2) is 5.10 Å². The van der Waals surface area contributed by atoms with Crippen LogP contribution < -0.4 is 10.7 Å². The van der Waals surface area contributed by atoms with E-state index in [1.807, 2.05) is 7.05 Å². The first-order chi connectivity index (χ1) is 9.65. The summed E-state index contributed by atoms with van der Waals surface area (Å²) in [6.45, 7) is 2.97. The van der Waals surface area contributed by atoms with Gasteiger partial charge in [0.05, 0.1) is 6.10 Å². The Hall–Kier alpha value is -1.47. The van der Waals surface area contributed by atoms with E-state index in [2.05, 4.69) is 20.7 Å². The second-order valence-electron chi connectivity index (χ2n) is 5.27. The van der Waals surface area contributed by atoms with Crippen LogP contribution in [0.2, 0.25) is 0 Å². The van der Waals surface area contributed by atoms with E-state index in [4.69, 9.17) is 4.74 Å². The number of carbonyl (C=O) groups is 2. The molecule has 0 aliphatic carbocycles. The Morgan fingerprint density at radius 3 is 2.75 bits per heavy atom. The maximum atomic E-state index is 11.6. The minimum atomic E-state index is -0.713. The second kappa shape index (κ2) is 7.35. The highest BCUT2D eigenvalue weighted by atomic mass is 16.5. The lowest BCUT2D eigenvalue weighted by molar-refractivity contribution is -0.139. The lowest BCUT2D eigenvalue weighted by atomic mass is 10.1. The van der Waals surface area contributed by atoms with Crippen molar-refractivity contribution in [2.45, 2.75) is 31.8 Å². The summed E-state index contributed by atoms with van der Waals surface area (Å²) >= 11 is 0. The van der Waals surface area contributed by atoms with Crippen molar-refractivity contribution in [1.29, 1.82) is 0 Å². The zero-order valence-electron chi connectivity index (χ0n) is 11.9. The van der Waals surface area contributed by atoms with Gasteiger partial charge in [0.15, 0.2) is 0 Å². The van der Waals surface area contributed by atoms with Gasteiger partial charge in [0.1, 0.15) is 0 Å². The third kappa shape index (κ3) is 4.57. The Morgan fingerprint density at radius 1 is 1.35 bits per heavy atom. The van der Waals surface area contributed by atoms with Crippen LogP contribution in [-0.4, -0.2) is 61.8 Å². The summed E-state index contributed by atoms with van der Waals surface area (Å²) in [5.74, 6) is -1.37. The molecule has 0 spiro atoms. The summed E-state index contributed by atoms with van der Waals surface area (Å²) in [4.78, 5) is 25.3. The number of nitrogens with zero attached hydrogens (tertiary/aromatic N) is 2. The van der Waals surface area contributed by atoms with Crippen LogP contribution in [0.5, 0.6) is 0 Å². The molecule has 1 atom stereocenters. The molecule has 2 fully saturated rings. The monoisotopic (exact) mass is 282 g/mol. The third-order valence-corrected chi connectivity index (χ3v) is 3.60. The van der Waals surface area contributed by atoms with Crippen LogP contribution in [0.1, 0.15) is 25.7 Å². The fourth-order valence-corrected chi connectivity index (χ4v) is 2.26. The molecule has 0 aromatic rings. The Balaban J connectivity index is 1.68. The summed E-state index contributed by atoms with van der Waals surface area (Å²) in [5.41, 5.74) is 3.25. The van der Waals surface area contributed by atoms with Gasteiger partial charge in [-0.3, -0.25) is 9.59 Å². The number of piperidine rings is 1. The highest BCUT2D eigenvalue weighted by molar-refractivity contribution is 6.35. The topological polar surface area (TPSA) is 83.0 Å². The van der Waals surface area contributed by atoms with Crippen LogP contribution >= 0.6 is 0 Å². The third-order valence-electron chi connectivity index (χ3n) is 3.60. The number of likely N-dealkylation sites (tertiary alicyclic amines) is 1. The average Bonchev–Trinajstić information content (AvgIpc) is 2.97. The molecule has 0 aromatic carbocycles. The molecule has 0 aromatic heterocycles. The minimum absolute atomic E-state index is 0.0342. The molecule has 2 N–H and O–H groups in total. The first kappa shape index (κ1) is 14.9. The molecule has 0 saturated carbocycles. The Kier molecular flexibility index (Phi) is 5.49. The minimum Gasteiger partial charge on any atom is -0.376 e. The summed E-state index contributed by atoms with van der Waals surface area (Å²) in [5, 5.41) is 6.58. The zero-order chi connectivity index (χ0) is 14.4. The van der Waals surface area contributed by atoms with Gasteiger partial charge in [-0.1, -0.05) is 0 Å². The van der Waals surface area contributed by atoms with Crippen LogP contribution in [0.3, 0.4) is 0 Å². The fourth-order valence-electron chi connectivity index (χ4n) is 2.26. The predicted molar refractivity (Wildman–Crippen MR) is 74.3 cm³/mol. The summed E-state index contributed by atoms with van der Waals surface area (Å²) in [7, 11) is 2.05. The van der Waals surface area contributed by atoms with E-state index in [0.29, 0.717) is 6.54 Å². The van der Waals surface area contributed by atoms with E-state index >= 15 is 0 Å². The molecule has 112 valence electrons. The van der Waals surface area contributed by atoms with Gasteiger partial charge in [0.2, 0.25) is 0 Å². The lowest BCUT2D eigenvalue weighted by Gasteiger charge is -2.22. The van der Waals surface area contributed by atoms with Crippen molar-refractivity contribution in [3.05, 3.63) is 0 Å². The van der Waals surface area contributed by atoms with Crippen molar-refractivity contribution in [2.75, 3.05) is 33.3 Å². The Morgan fingerprint density at radius 2 is 2.10 bits per heavy atom. The molecule has 2 saturated heterocycles. The first-order valence-electron chi connectivity index (χ1n) is 7.09. The summed E-state index contributed by atoms with van der Waals surface area (Å²) in [6.07, 6.45) is 3.63.